The summed E-state index contributed by atoms with van der Waals surface area (Å²) in [5.74, 6) is -1.18. The lowest BCUT2D eigenvalue weighted by Gasteiger charge is -2.13. The van der Waals surface area contributed by atoms with Crippen LogP contribution in [0.15, 0.2) is 66.9 Å². The Labute approximate surface area is 151 Å². The van der Waals surface area contributed by atoms with Gasteiger partial charge in [-0.1, -0.05) is 18.2 Å². The molecule has 1 amide bonds. The average molecular weight is 375 g/mol. The Morgan fingerprint density at radius 3 is 2.37 bits per heavy atom. The summed E-state index contributed by atoms with van der Waals surface area (Å²) in [6.45, 7) is 0. The smallest absolute Gasteiger partial charge is 0.354 e. The van der Waals surface area contributed by atoms with Crippen LogP contribution in [-0.2, 0) is 6.18 Å². The summed E-state index contributed by atoms with van der Waals surface area (Å²) in [5.41, 5.74) is -0.362. The van der Waals surface area contributed by atoms with Crippen molar-refractivity contribution in [2.45, 2.75) is 6.18 Å². The molecule has 1 aromatic heterocycles. The minimum absolute atomic E-state index is 0.0585. The first-order chi connectivity index (χ1) is 12.8. The molecular formula is C19H13F4N3O. The second-order valence-electron chi connectivity index (χ2n) is 5.56. The molecule has 0 radical (unpaired) electrons. The van der Waals surface area contributed by atoms with Gasteiger partial charge in [-0.2, -0.15) is 13.2 Å². The predicted molar refractivity (Wildman–Crippen MR) is 93.3 cm³/mol. The van der Waals surface area contributed by atoms with Crippen molar-refractivity contribution >= 4 is 23.0 Å². The highest BCUT2D eigenvalue weighted by Crippen LogP contribution is 2.34. The number of aromatic nitrogens is 1. The summed E-state index contributed by atoms with van der Waals surface area (Å²) >= 11 is 0. The van der Waals surface area contributed by atoms with E-state index in [1.54, 1.807) is 6.07 Å². The lowest BCUT2D eigenvalue weighted by molar-refractivity contribution is -0.136. The highest BCUT2D eigenvalue weighted by atomic mass is 19.4. The van der Waals surface area contributed by atoms with Crippen LogP contribution >= 0.6 is 0 Å². The number of carbonyl (C=O) groups is 1. The third-order valence-corrected chi connectivity index (χ3v) is 3.59. The highest BCUT2D eigenvalue weighted by Gasteiger charge is 2.33. The van der Waals surface area contributed by atoms with E-state index in [0.717, 1.165) is 6.07 Å². The van der Waals surface area contributed by atoms with Gasteiger partial charge in [0.1, 0.15) is 11.5 Å². The second kappa shape index (κ2) is 7.45. The average Bonchev–Trinajstić information content (AvgIpc) is 2.62. The van der Waals surface area contributed by atoms with Gasteiger partial charge in [-0.05, 0) is 42.5 Å². The van der Waals surface area contributed by atoms with Crippen molar-refractivity contribution < 1.29 is 22.4 Å². The number of pyridine rings is 1. The summed E-state index contributed by atoms with van der Waals surface area (Å²) in [5, 5.41) is 5.13. The molecule has 0 saturated heterocycles. The Morgan fingerprint density at radius 1 is 0.926 bits per heavy atom. The fourth-order valence-corrected chi connectivity index (χ4v) is 2.36. The number of carbonyl (C=O) groups excluding carboxylic acids is 1. The number of hydrogen-bond acceptors (Lipinski definition) is 3. The molecule has 0 spiro atoms. The Kier molecular flexibility index (Phi) is 5.07. The standard InChI is InChI=1S/C19H13F4N3O/c20-12-4-3-5-13(10-12)25-14-8-9-17(24-11-14)18(27)26-16-7-2-1-6-15(16)19(21,22)23/h1-11,25H,(H,26,27). The minimum Gasteiger partial charge on any atom is -0.354 e. The molecule has 0 fully saturated rings. The maximum atomic E-state index is 13.2. The van der Waals surface area contributed by atoms with Gasteiger partial charge < -0.3 is 10.6 Å². The minimum atomic E-state index is -4.59. The zero-order valence-corrected chi connectivity index (χ0v) is 13.7. The lowest BCUT2D eigenvalue weighted by atomic mass is 10.1. The third kappa shape index (κ3) is 4.60. The van der Waals surface area contributed by atoms with E-state index in [0.29, 0.717) is 11.4 Å². The summed E-state index contributed by atoms with van der Waals surface area (Å²) in [7, 11) is 0. The number of alkyl halides is 3. The van der Waals surface area contributed by atoms with Crippen molar-refractivity contribution in [3.8, 4) is 0 Å². The van der Waals surface area contributed by atoms with E-state index in [1.165, 1.54) is 54.7 Å². The first-order valence-electron chi connectivity index (χ1n) is 7.79. The van der Waals surface area contributed by atoms with Gasteiger partial charge in [-0.15, -0.1) is 0 Å². The molecule has 27 heavy (non-hydrogen) atoms. The quantitative estimate of drug-likeness (QED) is 0.614. The number of benzene rings is 2. The Bertz CT molecular complexity index is 956. The number of para-hydroxylation sites is 1. The number of nitrogens with zero attached hydrogens (tertiary/aromatic N) is 1. The van der Waals surface area contributed by atoms with E-state index in [9.17, 15) is 22.4 Å². The van der Waals surface area contributed by atoms with E-state index in [2.05, 4.69) is 15.6 Å². The summed E-state index contributed by atoms with van der Waals surface area (Å²) in [4.78, 5) is 16.1. The Morgan fingerprint density at radius 2 is 1.70 bits per heavy atom. The molecule has 0 atom stereocenters. The Balaban J connectivity index is 1.73. The summed E-state index contributed by atoms with van der Waals surface area (Å²) < 4.78 is 52.1. The van der Waals surface area contributed by atoms with Crippen molar-refractivity contribution in [3.05, 3.63) is 83.9 Å². The van der Waals surface area contributed by atoms with E-state index >= 15 is 0 Å². The van der Waals surface area contributed by atoms with E-state index in [1.807, 2.05) is 0 Å². The van der Waals surface area contributed by atoms with Crippen LogP contribution in [0.2, 0.25) is 0 Å². The van der Waals surface area contributed by atoms with Crippen molar-refractivity contribution in [2.75, 3.05) is 10.6 Å². The third-order valence-electron chi connectivity index (χ3n) is 3.59. The van der Waals surface area contributed by atoms with Crippen LogP contribution in [0.3, 0.4) is 0 Å². The van der Waals surface area contributed by atoms with Gasteiger partial charge in [0.2, 0.25) is 0 Å². The van der Waals surface area contributed by atoms with Crippen LogP contribution in [0.1, 0.15) is 16.1 Å². The second-order valence-corrected chi connectivity index (χ2v) is 5.56. The van der Waals surface area contributed by atoms with Crippen molar-refractivity contribution in [2.24, 2.45) is 0 Å². The molecule has 2 N–H and O–H groups in total. The van der Waals surface area contributed by atoms with Gasteiger partial charge in [-0.25, -0.2) is 9.37 Å². The molecule has 138 valence electrons. The molecule has 0 aliphatic heterocycles. The van der Waals surface area contributed by atoms with Gasteiger partial charge in [0.25, 0.3) is 5.91 Å². The highest BCUT2D eigenvalue weighted by molar-refractivity contribution is 6.03. The SMILES string of the molecule is O=C(Nc1ccccc1C(F)(F)F)c1ccc(Nc2cccc(F)c2)cn1. The monoisotopic (exact) mass is 375 g/mol. The van der Waals surface area contributed by atoms with Crippen molar-refractivity contribution in [3.63, 3.8) is 0 Å². The van der Waals surface area contributed by atoms with Crippen LogP contribution in [-0.4, -0.2) is 10.9 Å². The number of halogens is 4. The number of amides is 1. The van der Waals surface area contributed by atoms with Crippen LogP contribution in [0.5, 0.6) is 0 Å². The largest absolute Gasteiger partial charge is 0.418 e. The molecule has 0 aliphatic rings. The normalized spacial score (nSPS) is 11.1. The summed E-state index contributed by atoms with van der Waals surface area (Å²) in [6, 6.07) is 13.3. The van der Waals surface area contributed by atoms with Crippen LogP contribution in [0, 0.1) is 5.82 Å². The van der Waals surface area contributed by atoms with Crippen LogP contribution < -0.4 is 10.6 Å². The molecule has 8 heteroatoms. The van der Waals surface area contributed by atoms with Crippen LogP contribution in [0.4, 0.5) is 34.6 Å². The molecule has 4 nitrogen and oxygen atoms in total. The molecular weight excluding hydrogens is 362 g/mol. The molecule has 0 saturated carbocycles. The van der Waals surface area contributed by atoms with Gasteiger partial charge in [0, 0.05) is 5.69 Å². The van der Waals surface area contributed by atoms with Crippen molar-refractivity contribution in [1.82, 2.24) is 4.98 Å². The van der Waals surface area contributed by atoms with E-state index < -0.39 is 23.5 Å². The molecule has 0 bridgehead atoms. The van der Waals surface area contributed by atoms with Crippen molar-refractivity contribution in [1.29, 1.82) is 0 Å². The predicted octanol–water partition coefficient (Wildman–Crippen LogP) is 5.24. The molecule has 3 aromatic rings. The first kappa shape index (κ1) is 18.4. The maximum absolute atomic E-state index is 13.2. The van der Waals surface area contributed by atoms with E-state index in [4.69, 9.17) is 0 Å². The van der Waals surface area contributed by atoms with Crippen LogP contribution in [0.25, 0.3) is 0 Å². The first-order valence-corrected chi connectivity index (χ1v) is 7.79. The number of anilines is 3. The fourth-order valence-electron chi connectivity index (χ4n) is 2.36. The molecule has 1 heterocycles. The molecule has 0 aliphatic carbocycles. The molecule has 0 unspecified atom stereocenters. The topological polar surface area (TPSA) is 54.0 Å². The number of nitrogens with one attached hydrogen (secondary N) is 2. The van der Waals surface area contributed by atoms with Gasteiger partial charge in [0.05, 0.1) is 23.1 Å². The molecule has 2 aromatic carbocycles. The van der Waals surface area contributed by atoms with E-state index in [-0.39, 0.29) is 11.4 Å². The number of hydrogen-bond donors (Lipinski definition) is 2. The zero-order chi connectivity index (χ0) is 19.4. The molecule has 3 rings (SSSR count). The summed E-state index contributed by atoms with van der Waals surface area (Å²) in [6.07, 6.45) is -3.26. The lowest BCUT2D eigenvalue weighted by Crippen LogP contribution is -2.17. The number of rotatable bonds is 4. The fraction of sp³-hybridized carbons (Fsp3) is 0.0526. The van der Waals surface area contributed by atoms with Gasteiger partial charge in [-0.3, -0.25) is 4.79 Å². The zero-order valence-electron chi connectivity index (χ0n) is 13.7. The maximum Gasteiger partial charge on any atom is 0.418 e. The Hall–Kier alpha value is -3.42. The van der Waals surface area contributed by atoms with Gasteiger partial charge >= 0.3 is 6.18 Å². The van der Waals surface area contributed by atoms with Gasteiger partial charge in [0.15, 0.2) is 0 Å².